The second kappa shape index (κ2) is 5.77. The summed E-state index contributed by atoms with van der Waals surface area (Å²) in [7, 11) is 1.61. The molecule has 90 valence electrons. The second-order valence-electron chi connectivity index (χ2n) is 3.52. The average Bonchev–Trinajstić information content (AvgIpc) is 2.78. The molecule has 6 heteroatoms. The van der Waals surface area contributed by atoms with Gasteiger partial charge >= 0.3 is 0 Å². The van der Waals surface area contributed by atoms with Gasteiger partial charge in [-0.05, 0) is 6.07 Å². The number of alkyl halides is 1. The van der Waals surface area contributed by atoms with Crippen molar-refractivity contribution in [2.45, 2.75) is 13.0 Å². The largest absolute Gasteiger partial charge is 0.481 e. The molecule has 0 aliphatic heterocycles. The number of ether oxygens (including phenoxy) is 1. The Morgan fingerprint density at radius 2 is 2.35 bits per heavy atom. The standard InChI is InChI=1S/C11H13BrN4O/c1-17-11-9(3-2-6-13-11)7-16-8-10(4-5-12)14-15-16/h2-3,6,8H,4-5,7H2,1H3. The molecular formula is C11H13BrN4O. The molecule has 0 radical (unpaired) electrons. The molecule has 0 amide bonds. The summed E-state index contributed by atoms with van der Waals surface area (Å²) < 4.78 is 6.98. The van der Waals surface area contributed by atoms with Gasteiger partial charge in [0.05, 0.1) is 19.3 Å². The monoisotopic (exact) mass is 296 g/mol. The fourth-order valence-electron chi connectivity index (χ4n) is 1.53. The minimum atomic E-state index is 0.617. The summed E-state index contributed by atoms with van der Waals surface area (Å²) in [6, 6.07) is 3.85. The van der Waals surface area contributed by atoms with Gasteiger partial charge in [-0.3, -0.25) is 0 Å². The van der Waals surface area contributed by atoms with E-state index in [2.05, 4.69) is 31.2 Å². The normalized spacial score (nSPS) is 10.5. The van der Waals surface area contributed by atoms with Gasteiger partial charge in [0.25, 0.3) is 0 Å². The van der Waals surface area contributed by atoms with Gasteiger partial charge in [0.15, 0.2) is 0 Å². The van der Waals surface area contributed by atoms with E-state index >= 15 is 0 Å². The van der Waals surface area contributed by atoms with Crippen molar-refractivity contribution >= 4 is 15.9 Å². The zero-order valence-corrected chi connectivity index (χ0v) is 11.1. The second-order valence-corrected chi connectivity index (χ2v) is 4.31. The lowest BCUT2D eigenvalue weighted by Crippen LogP contribution is -2.03. The van der Waals surface area contributed by atoms with E-state index in [1.165, 1.54) is 0 Å². The predicted molar refractivity (Wildman–Crippen MR) is 67.4 cm³/mol. The van der Waals surface area contributed by atoms with Crippen LogP contribution in [0.2, 0.25) is 0 Å². The molecule has 2 rings (SSSR count). The van der Waals surface area contributed by atoms with Crippen molar-refractivity contribution in [2.24, 2.45) is 0 Å². The minimum Gasteiger partial charge on any atom is -0.481 e. The van der Waals surface area contributed by atoms with Crippen LogP contribution in [0.25, 0.3) is 0 Å². The maximum atomic E-state index is 5.19. The highest BCUT2D eigenvalue weighted by Crippen LogP contribution is 2.14. The van der Waals surface area contributed by atoms with Crippen LogP contribution in [0.4, 0.5) is 0 Å². The van der Waals surface area contributed by atoms with Crippen LogP contribution in [0.5, 0.6) is 5.88 Å². The van der Waals surface area contributed by atoms with Crippen molar-refractivity contribution in [1.29, 1.82) is 0 Å². The van der Waals surface area contributed by atoms with Gasteiger partial charge in [0, 0.05) is 29.7 Å². The zero-order chi connectivity index (χ0) is 12.1. The summed E-state index contributed by atoms with van der Waals surface area (Å²) in [5, 5.41) is 9.04. The highest BCUT2D eigenvalue weighted by molar-refractivity contribution is 9.09. The van der Waals surface area contributed by atoms with Gasteiger partial charge in [-0.1, -0.05) is 27.2 Å². The third-order valence-electron chi connectivity index (χ3n) is 2.31. The third-order valence-corrected chi connectivity index (χ3v) is 2.71. The first-order chi connectivity index (χ1) is 8.33. The quantitative estimate of drug-likeness (QED) is 0.788. The number of hydrogen-bond donors (Lipinski definition) is 0. The van der Waals surface area contributed by atoms with Crippen LogP contribution in [0, 0.1) is 0 Å². The summed E-state index contributed by atoms with van der Waals surface area (Å²) in [5.74, 6) is 0.630. The van der Waals surface area contributed by atoms with Gasteiger partial charge < -0.3 is 4.74 Å². The molecule has 0 spiro atoms. The predicted octanol–water partition coefficient (Wildman–Crippen LogP) is 1.67. The van der Waals surface area contributed by atoms with Crippen LogP contribution < -0.4 is 4.74 Å². The Morgan fingerprint density at radius 3 is 3.12 bits per heavy atom. The Morgan fingerprint density at radius 1 is 1.47 bits per heavy atom. The summed E-state index contributed by atoms with van der Waals surface area (Å²) in [5.41, 5.74) is 1.97. The van der Waals surface area contributed by atoms with Crippen molar-refractivity contribution in [2.75, 3.05) is 12.4 Å². The first-order valence-electron chi connectivity index (χ1n) is 5.26. The number of methoxy groups -OCH3 is 1. The molecule has 5 nitrogen and oxygen atoms in total. The van der Waals surface area contributed by atoms with E-state index in [4.69, 9.17) is 4.74 Å². The Kier molecular flexibility index (Phi) is 4.08. The molecule has 0 bridgehead atoms. The lowest BCUT2D eigenvalue weighted by Gasteiger charge is -2.05. The van der Waals surface area contributed by atoms with Crippen LogP contribution in [0.15, 0.2) is 24.5 Å². The molecule has 0 saturated carbocycles. The molecule has 0 fully saturated rings. The maximum absolute atomic E-state index is 5.19. The Hall–Kier alpha value is -1.43. The van der Waals surface area contributed by atoms with Gasteiger partial charge in [-0.25, -0.2) is 9.67 Å². The molecule has 0 saturated heterocycles. The molecule has 0 N–H and O–H groups in total. The SMILES string of the molecule is COc1ncccc1Cn1cc(CCBr)nn1. The molecule has 0 aromatic carbocycles. The smallest absolute Gasteiger partial charge is 0.218 e. The third kappa shape index (κ3) is 3.03. The molecular weight excluding hydrogens is 284 g/mol. The highest BCUT2D eigenvalue weighted by Gasteiger charge is 2.06. The van der Waals surface area contributed by atoms with E-state index in [9.17, 15) is 0 Å². The molecule has 2 aromatic rings. The Balaban J connectivity index is 2.13. The van der Waals surface area contributed by atoms with Crippen molar-refractivity contribution in [3.63, 3.8) is 0 Å². The number of nitrogens with zero attached hydrogens (tertiary/aromatic N) is 4. The lowest BCUT2D eigenvalue weighted by atomic mass is 10.2. The van der Waals surface area contributed by atoms with Crippen molar-refractivity contribution in [3.05, 3.63) is 35.8 Å². The fourth-order valence-corrected chi connectivity index (χ4v) is 1.94. The van der Waals surface area contributed by atoms with Gasteiger partial charge in [-0.2, -0.15) is 0 Å². The molecule has 2 heterocycles. The number of rotatable bonds is 5. The maximum Gasteiger partial charge on any atom is 0.218 e. The van der Waals surface area contributed by atoms with E-state index in [-0.39, 0.29) is 0 Å². The summed E-state index contributed by atoms with van der Waals surface area (Å²) >= 11 is 3.38. The van der Waals surface area contributed by atoms with E-state index in [1.54, 1.807) is 18.0 Å². The van der Waals surface area contributed by atoms with Gasteiger partial charge in [-0.15, -0.1) is 5.10 Å². The first-order valence-corrected chi connectivity index (χ1v) is 6.38. The number of halogens is 1. The van der Waals surface area contributed by atoms with Crippen LogP contribution in [0.3, 0.4) is 0 Å². The van der Waals surface area contributed by atoms with Crippen LogP contribution >= 0.6 is 15.9 Å². The summed E-state index contributed by atoms with van der Waals surface area (Å²) in [6.45, 7) is 0.617. The molecule has 0 atom stereocenters. The van der Waals surface area contributed by atoms with Crippen LogP contribution in [-0.4, -0.2) is 32.4 Å². The van der Waals surface area contributed by atoms with E-state index in [0.717, 1.165) is 23.0 Å². The van der Waals surface area contributed by atoms with Gasteiger partial charge in [0.2, 0.25) is 5.88 Å². The van der Waals surface area contributed by atoms with Crippen LogP contribution in [-0.2, 0) is 13.0 Å². The number of hydrogen-bond acceptors (Lipinski definition) is 4. The molecule has 0 aliphatic carbocycles. The van der Waals surface area contributed by atoms with Crippen molar-refractivity contribution in [1.82, 2.24) is 20.0 Å². The van der Waals surface area contributed by atoms with E-state index in [1.807, 2.05) is 18.3 Å². The summed E-state index contributed by atoms with van der Waals surface area (Å²) in [6.07, 6.45) is 4.53. The fraction of sp³-hybridized carbons (Fsp3) is 0.364. The lowest BCUT2D eigenvalue weighted by molar-refractivity contribution is 0.390. The van der Waals surface area contributed by atoms with E-state index in [0.29, 0.717) is 12.4 Å². The van der Waals surface area contributed by atoms with Crippen LogP contribution in [0.1, 0.15) is 11.3 Å². The highest BCUT2D eigenvalue weighted by atomic mass is 79.9. The number of pyridine rings is 1. The molecule has 17 heavy (non-hydrogen) atoms. The molecule has 0 unspecified atom stereocenters. The first kappa shape index (κ1) is 12.0. The Bertz CT molecular complexity index is 486. The average molecular weight is 297 g/mol. The number of aryl methyl sites for hydroxylation is 1. The zero-order valence-electron chi connectivity index (χ0n) is 9.51. The van der Waals surface area contributed by atoms with Crippen molar-refractivity contribution < 1.29 is 4.74 Å². The topological polar surface area (TPSA) is 52.8 Å². The van der Waals surface area contributed by atoms with E-state index < -0.39 is 0 Å². The van der Waals surface area contributed by atoms with Crippen molar-refractivity contribution in [3.8, 4) is 5.88 Å². The van der Waals surface area contributed by atoms with Gasteiger partial charge in [0.1, 0.15) is 0 Å². The Labute approximate surface area is 108 Å². The number of aromatic nitrogens is 4. The summed E-state index contributed by atoms with van der Waals surface area (Å²) in [4.78, 5) is 4.15. The minimum absolute atomic E-state index is 0.617. The molecule has 2 aromatic heterocycles. The molecule has 0 aliphatic rings.